The second-order valence-corrected chi connectivity index (χ2v) is 10.5. The molecule has 0 aliphatic heterocycles. The molecule has 0 saturated heterocycles. The Morgan fingerprint density at radius 1 is 0.380 bits per heavy atom. The molecule has 0 amide bonds. The molecule has 10 rings (SSSR count). The highest BCUT2D eigenvalue weighted by atomic mass is 16.3. The Kier molecular flexibility index (Phi) is 2.58. The summed E-state index contributed by atoms with van der Waals surface area (Å²) in [5.41, 5.74) is -8.38. The van der Waals surface area contributed by atoms with Crippen LogP contribution in [0.25, 0.3) is 76.5 Å². The molecule has 0 N–H and O–H groups in total. The van der Waals surface area contributed by atoms with E-state index in [0.717, 1.165) is 0 Å². The predicted molar refractivity (Wildman–Crippen MR) is 212 cm³/mol. The Bertz CT molecular complexity index is 4420. The molecule has 0 aliphatic carbocycles. The molecule has 0 bridgehead atoms. The summed E-state index contributed by atoms with van der Waals surface area (Å²) >= 11 is 0. The van der Waals surface area contributed by atoms with Gasteiger partial charge in [-0.2, -0.15) is 0 Å². The van der Waals surface area contributed by atoms with Crippen LogP contribution in [0, 0.1) is 0 Å². The minimum Gasteiger partial charge on any atom is -0.455 e. The molecule has 0 unspecified atom stereocenters. The summed E-state index contributed by atoms with van der Waals surface area (Å²) in [4.78, 5) is 0.394. The summed E-state index contributed by atoms with van der Waals surface area (Å²) in [5.74, 6) is 0. The van der Waals surface area contributed by atoms with E-state index in [1.54, 1.807) is 0 Å². The van der Waals surface area contributed by atoms with Gasteiger partial charge in [-0.25, -0.2) is 0 Å². The highest BCUT2D eigenvalue weighted by molar-refractivity contribution is 6.19. The fraction of sp³-hybridized carbons (Fsp3) is 0. The van der Waals surface area contributed by atoms with Crippen LogP contribution in [0.3, 0.4) is 0 Å². The van der Waals surface area contributed by atoms with E-state index in [9.17, 15) is 16.4 Å². The summed E-state index contributed by atoms with van der Waals surface area (Å²) in [6, 6.07) is -30.9. The van der Waals surface area contributed by atoms with E-state index in [2.05, 4.69) is 0 Å². The maximum absolute atomic E-state index is 9.69. The molecule has 2 heteroatoms. The van der Waals surface area contributed by atoms with Crippen LogP contribution in [0.4, 0.5) is 17.1 Å². The van der Waals surface area contributed by atoms with Crippen LogP contribution in [0.5, 0.6) is 0 Å². The highest BCUT2D eigenvalue weighted by Crippen LogP contribution is 2.45. The number of furan rings is 1. The first-order valence-corrected chi connectivity index (χ1v) is 14.6. The Morgan fingerprint density at radius 2 is 0.880 bits per heavy atom. The van der Waals surface area contributed by atoms with Crippen LogP contribution in [0.2, 0.25) is 0 Å². The van der Waals surface area contributed by atoms with Gasteiger partial charge in [-0.15, -0.1) is 0 Å². The molecule has 0 atom stereocenters. The van der Waals surface area contributed by atoms with Gasteiger partial charge in [-0.3, -0.25) is 0 Å². The molecule has 50 heavy (non-hydrogen) atoms. The molecule has 0 saturated carbocycles. The lowest BCUT2D eigenvalue weighted by Crippen LogP contribution is -2.10. The molecule has 1 aromatic heterocycles. The van der Waals surface area contributed by atoms with E-state index in [4.69, 9.17) is 30.5 Å². The monoisotopic (exact) mass is 668 g/mol. The molecule has 234 valence electrons. The van der Waals surface area contributed by atoms with Crippen LogP contribution in [0.15, 0.2) is 192 Å². The van der Waals surface area contributed by atoms with E-state index in [1.807, 2.05) is 0 Å². The van der Waals surface area contributed by atoms with E-state index < -0.39 is 281 Å². The lowest BCUT2D eigenvalue weighted by atomic mass is 9.99. The summed E-state index contributed by atoms with van der Waals surface area (Å²) in [7, 11) is 0. The van der Waals surface area contributed by atoms with Gasteiger partial charge in [0.1, 0.15) is 11.2 Å². The minimum absolute atomic E-state index is 0.394. The number of hydrogen-bond donors (Lipinski definition) is 0. The van der Waals surface area contributed by atoms with Gasteiger partial charge < -0.3 is 9.32 Å². The third-order valence-corrected chi connectivity index (χ3v) is 7.62. The number of hydrogen-bond acceptors (Lipinski definition) is 2. The second-order valence-electron chi connectivity index (χ2n) is 10.5. The third kappa shape index (κ3) is 4.73. The van der Waals surface area contributed by atoms with Gasteiger partial charge in [-0.1, -0.05) is 133 Å². The number of anilines is 3. The minimum atomic E-state index is -1.29. The average Bonchev–Trinajstić information content (AvgIpc) is 3.89. The molecule has 2 nitrogen and oxygen atoms in total. The van der Waals surface area contributed by atoms with Crippen LogP contribution < -0.4 is 4.90 Å². The Hall–Kier alpha value is -6.64. The van der Waals surface area contributed by atoms with Crippen molar-refractivity contribution in [3.63, 3.8) is 0 Å². The van der Waals surface area contributed by atoms with Crippen molar-refractivity contribution in [2.75, 3.05) is 4.90 Å². The van der Waals surface area contributed by atoms with E-state index in [-0.39, 0.29) is 0 Å². The summed E-state index contributed by atoms with van der Waals surface area (Å²) in [6.45, 7) is 0. The van der Waals surface area contributed by atoms with Gasteiger partial charge in [-0.05, 0) is 104 Å². The van der Waals surface area contributed by atoms with Crippen molar-refractivity contribution in [3.8, 4) is 22.3 Å². The lowest BCUT2D eigenvalue weighted by Gasteiger charge is -2.26. The predicted octanol–water partition coefficient (Wildman–Crippen LogP) is 13.8. The fourth-order valence-corrected chi connectivity index (χ4v) is 5.35. The number of fused-ring (bicyclic) bond motifs is 7. The number of rotatable bonds is 5. The smallest absolute Gasteiger partial charge is 0.143 e. The first-order chi connectivity index (χ1) is 37.7. The van der Waals surface area contributed by atoms with Crippen LogP contribution in [-0.2, 0) is 0 Å². The maximum atomic E-state index is 9.69. The largest absolute Gasteiger partial charge is 0.455 e. The summed E-state index contributed by atoms with van der Waals surface area (Å²) in [6.07, 6.45) is 0. The van der Waals surface area contributed by atoms with Crippen molar-refractivity contribution >= 4 is 71.3 Å². The fourth-order valence-electron chi connectivity index (χ4n) is 5.35. The van der Waals surface area contributed by atoms with Crippen LogP contribution in [0.1, 0.15) is 42.5 Å². The third-order valence-electron chi connectivity index (χ3n) is 7.62. The zero-order valence-electron chi connectivity index (χ0n) is 55.9. The summed E-state index contributed by atoms with van der Waals surface area (Å²) < 4.78 is 284. The van der Waals surface area contributed by atoms with Gasteiger partial charge in [0.25, 0.3) is 0 Å². The highest BCUT2D eigenvalue weighted by Gasteiger charge is 2.20. The first-order valence-electron chi connectivity index (χ1n) is 30.1. The van der Waals surface area contributed by atoms with Gasteiger partial charge in [0, 0.05) is 22.1 Å². The molecule has 1 heterocycles. The Morgan fingerprint density at radius 3 is 1.48 bits per heavy atom. The van der Waals surface area contributed by atoms with Crippen molar-refractivity contribution in [2.45, 2.75) is 0 Å². The van der Waals surface area contributed by atoms with Crippen molar-refractivity contribution in [1.29, 1.82) is 0 Å². The first kappa shape index (κ1) is 11.2. The molecular weight excluding hydrogens is 607 g/mol. The molecule has 0 spiro atoms. The Labute approximate surface area is 333 Å². The van der Waals surface area contributed by atoms with Gasteiger partial charge >= 0.3 is 0 Å². The van der Waals surface area contributed by atoms with E-state index in [0.29, 0.717) is 4.90 Å². The van der Waals surface area contributed by atoms with E-state index in [1.165, 1.54) is 0 Å². The van der Waals surface area contributed by atoms with Gasteiger partial charge in [0.2, 0.25) is 0 Å². The average molecular weight is 669 g/mol. The zero-order chi connectivity index (χ0) is 60.0. The van der Waals surface area contributed by atoms with Gasteiger partial charge in [0.05, 0.1) is 53.6 Å². The van der Waals surface area contributed by atoms with Gasteiger partial charge in [0.15, 0.2) is 0 Å². The van der Waals surface area contributed by atoms with Crippen molar-refractivity contribution in [2.24, 2.45) is 0 Å². The van der Waals surface area contributed by atoms with Crippen molar-refractivity contribution < 1.29 is 46.9 Å². The Balaban J connectivity index is 1.42. The molecular formula is C48H31NO. The quantitative estimate of drug-likeness (QED) is 0.181. The SMILES string of the molecule is [2H]c1c([2H])c(N(c2c([2H])c([2H])c(-c3c([2H])c([2H])c4c([2H])c([2H])c([2H])c([2H])c4c3[2H])c([2H])c2[2H])c2c([2H])c([2H])c([2H])c3oc4c5c([2H])c([2H])c([2H])c([2H])c5c([2H])c([2H])c4c23)c([2H])c([2H])c1-c1c([2H])c([2H])c2c([2H])c([2H])c([2H])c([2H])c2c1[2H]. The molecule has 0 aliphatic rings. The lowest BCUT2D eigenvalue weighted by molar-refractivity contribution is 0.672. The molecule has 0 radical (unpaired) electrons. The normalized spacial score (nSPS) is 20.3. The van der Waals surface area contributed by atoms with Crippen LogP contribution in [-0.4, -0.2) is 0 Å². The number of nitrogens with zero attached hydrogens (tertiary/aromatic N) is 1. The summed E-state index contributed by atoms with van der Waals surface area (Å²) in [5, 5.41) is -4.99. The molecule has 9 aromatic carbocycles. The topological polar surface area (TPSA) is 16.4 Å². The standard InChI is InChI=1S/C48H31NO/c1-3-11-37-30-39(18-16-32(37)8-1)34-20-25-41(26-21-34)49(42-27-22-35(23-28-42)40-19-17-33-9-2-4-12-38(33)31-40)45-14-7-15-46-47(45)44-29-24-36-10-5-6-13-43(36)48(44)50-46/h1-31H/i1D,2D,3D,4D,5D,6D,7D,8D,9D,10D,11D,12D,13D,14D,15D,16D,17D,18D,19D,20D,21D,22D,23D,24D,25D,26D,27D,28D,29D,30D,31D. The molecule has 0 fully saturated rings. The zero-order valence-corrected chi connectivity index (χ0v) is 24.9. The van der Waals surface area contributed by atoms with Crippen molar-refractivity contribution in [1.82, 2.24) is 0 Å². The second kappa shape index (κ2) is 11.5. The number of benzene rings is 9. The van der Waals surface area contributed by atoms with Crippen LogP contribution >= 0.6 is 0 Å². The van der Waals surface area contributed by atoms with Crippen molar-refractivity contribution in [3.05, 3.63) is 187 Å². The van der Waals surface area contributed by atoms with E-state index >= 15 is 0 Å². The maximum Gasteiger partial charge on any atom is 0.143 e. The molecule has 10 aromatic rings.